The molecule has 0 aromatic heterocycles. The molecule has 1 N–H and O–H groups in total. The third-order valence-electron chi connectivity index (χ3n) is 4.51. The fourth-order valence-corrected chi connectivity index (χ4v) is 4.56. The lowest BCUT2D eigenvalue weighted by Crippen LogP contribution is -2.41. The number of amides is 2. The zero-order valence-corrected chi connectivity index (χ0v) is 15.2. The third-order valence-corrected chi connectivity index (χ3v) is 6.30. The van der Waals surface area contributed by atoms with Gasteiger partial charge in [0.05, 0.1) is 5.56 Å². The van der Waals surface area contributed by atoms with E-state index in [1.807, 2.05) is 37.3 Å². The Morgan fingerprint density at radius 1 is 1.08 bits per heavy atom. The number of hydrogen-bond acceptors (Lipinski definition) is 4. The number of carbonyl (C=O) groups excluding carboxylic acids is 2. The van der Waals surface area contributed by atoms with Gasteiger partial charge < -0.3 is 5.32 Å². The van der Waals surface area contributed by atoms with Gasteiger partial charge in [0.25, 0.3) is 15.9 Å². The Morgan fingerprint density at radius 3 is 2.38 bits per heavy atom. The fourth-order valence-electron chi connectivity index (χ4n) is 3.03. The van der Waals surface area contributed by atoms with Crippen LogP contribution < -0.4 is 5.32 Å². The third kappa shape index (κ3) is 3.35. The Kier molecular flexibility index (Phi) is 5.08. The Bertz CT molecular complexity index is 926. The number of fused-ring (bicyclic) bond motifs is 1. The van der Waals surface area contributed by atoms with Gasteiger partial charge in [-0.25, -0.2) is 12.7 Å². The lowest BCUT2D eigenvalue weighted by atomic mass is 9.96. The van der Waals surface area contributed by atoms with Gasteiger partial charge in [-0.3, -0.25) is 9.59 Å². The summed E-state index contributed by atoms with van der Waals surface area (Å²) in [5.74, 6) is -1.03. The summed E-state index contributed by atoms with van der Waals surface area (Å²) in [4.78, 5) is 24.5. The van der Waals surface area contributed by atoms with Crippen molar-refractivity contribution in [1.29, 1.82) is 0 Å². The largest absolute Gasteiger partial charge is 0.354 e. The zero-order chi connectivity index (χ0) is 18.7. The molecule has 0 unspecified atom stereocenters. The van der Waals surface area contributed by atoms with E-state index >= 15 is 0 Å². The van der Waals surface area contributed by atoms with Crippen molar-refractivity contribution in [2.24, 2.45) is 0 Å². The average Bonchev–Trinajstić information content (AvgIpc) is 2.84. The van der Waals surface area contributed by atoms with Gasteiger partial charge in [0.1, 0.15) is 11.4 Å². The second kappa shape index (κ2) is 7.29. The van der Waals surface area contributed by atoms with E-state index in [0.29, 0.717) is 10.8 Å². The summed E-state index contributed by atoms with van der Waals surface area (Å²) < 4.78 is 25.6. The summed E-state index contributed by atoms with van der Waals surface area (Å²) in [5.41, 5.74) is 1.21. The highest BCUT2D eigenvalue weighted by Gasteiger charge is 2.41. The van der Waals surface area contributed by atoms with Crippen molar-refractivity contribution in [2.45, 2.75) is 24.2 Å². The van der Waals surface area contributed by atoms with Gasteiger partial charge in [0.15, 0.2) is 0 Å². The first-order valence-electron chi connectivity index (χ1n) is 8.43. The Hall–Kier alpha value is -2.67. The van der Waals surface area contributed by atoms with Crippen molar-refractivity contribution >= 4 is 21.8 Å². The molecular formula is C19H20N2O4S. The normalized spacial score (nSPS) is 16.2. The molecule has 0 fully saturated rings. The lowest BCUT2D eigenvalue weighted by molar-refractivity contribution is -0.121. The number of rotatable bonds is 6. The van der Waals surface area contributed by atoms with Gasteiger partial charge >= 0.3 is 0 Å². The van der Waals surface area contributed by atoms with E-state index < -0.39 is 28.4 Å². The Balaban J connectivity index is 1.67. The van der Waals surface area contributed by atoms with Gasteiger partial charge in [-0.2, -0.15) is 0 Å². The summed E-state index contributed by atoms with van der Waals surface area (Å²) in [7, 11) is -3.96. The van der Waals surface area contributed by atoms with Crippen LogP contribution >= 0.6 is 0 Å². The molecule has 2 aromatic rings. The fraction of sp³-hybridized carbons (Fsp3) is 0.263. The Labute approximate surface area is 152 Å². The van der Waals surface area contributed by atoms with Crippen LogP contribution in [0.3, 0.4) is 0 Å². The highest BCUT2D eigenvalue weighted by Crippen LogP contribution is 2.29. The van der Waals surface area contributed by atoms with Crippen LogP contribution in [0.2, 0.25) is 0 Å². The van der Waals surface area contributed by atoms with Crippen LogP contribution in [-0.2, 0) is 14.8 Å². The van der Waals surface area contributed by atoms with Gasteiger partial charge in [-0.1, -0.05) is 49.4 Å². The SMILES string of the molecule is CC[C@H](CNC(=O)CN1C(=O)c2ccccc2S1(=O)=O)c1ccccc1. The van der Waals surface area contributed by atoms with Crippen LogP contribution in [0, 0.1) is 0 Å². The Morgan fingerprint density at radius 2 is 1.73 bits per heavy atom. The molecule has 0 radical (unpaired) electrons. The molecule has 2 amide bonds. The first kappa shape index (κ1) is 18.1. The molecule has 0 spiro atoms. The van der Waals surface area contributed by atoms with Gasteiger partial charge in [-0.15, -0.1) is 0 Å². The maximum absolute atomic E-state index is 12.5. The topological polar surface area (TPSA) is 83.6 Å². The van der Waals surface area contributed by atoms with E-state index in [9.17, 15) is 18.0 Å². The molecule has 7 heteroatoms. The monoisotopic (exact) mass is 372 g/mol. The number of hydrogen-bond donors (Lipinski definition) is 1. The van der Waals surface area contributed by atoms with Gasteiger partial charge in [-0.05, 0) is 24.1 Å². The predicted octanol–water partition coefficient (Wildman–Crippen LogP) is 2.14. The molecule has 2 aromatic carbocycles. The molecule has 1 atom stereocenters. The average molecular weight is 372 g/mol. The summed E-state index contributed by atoms with van der Waals surface area (Å²) in [6, 6.07) is 15.8. The van der Waals surface area contributed by atoms with Crippen molar-refractivity contribution in [3.8, 4) is 0 Å². The minimum absolute atomic E-state index is 0.0477. The number of carbonyl (C=O) groups is 2. The van der Waals surface area contributed by atoms with E-state index in [1.165, 1.54) is 12.1 Å². The molecule has 136 valence electrons. The molecule has 0 aliphatic carbocycles. The molecule has 1 aliphatic heterocycles. The first-order chi connectivity index (χ1) is 12.4. The summed E-state index contributed by atoms with van der Waals surface area (Å²) in [5, 5.41) is 2.75. The highest BCUT2D eigenvalue weighted by atomic mass is 32.2. The van der Waals surface area contributed by atoms with Crippen LogP contribution in [0.15, 0.2) is 59.5 Å². The van der Waals surface area contributed by atoms with Crippen LogP contribution in [0.4, 0.5) is 0 Å². The molecule has 0 saturated heterocycles. The van der Waals surface area contributed by atoms with Crippen LogP contribution in [0.1, 0.15) is 35.2 Å². The smallest absolute Gasteiger partial charge is 0.269 e. The number of nitrogens with one attached hydrogen (secondary N) is 1. The molecule has 1 heterocycles. The zero-order valence-electron chi connectivity index (χ0n) is 14.4. The molecule has 1 aliphatic rings. The van der Waals surface area contributed by atoms with E-state index in [-0.39, 0.29) is 16.4 Å². The molecular weight excluding hydrogens is 352 g/mol. The number of sulfonamides is 1. The van der Waals surface area contributed by atoms with Gasteiger partial charge in [0, 0.05) is 12.5 Å². The molecule has 6 nitrogen and oxygen atoms in total. The minimum Gasteiger partial charge on any atom is -0.354 e. The van der Waals surface area contributed by atoms with E-state index in [1.54, 1.807) is 12.1 Å². The number of benzene rings is 2. The molecule has 0 saturated carbocycles. The summed E-state index contributed by atoms with van der Waals surface area (Å²) >= 11 is 0. The maximum atomic E-state index is 12.5. The van der Waals surface area contributed by atoms with Crippen LogP contribution in [0.5, 0.6) is 0 Å². The van der Waals surface area contributed by atoms with Crippen molar-refractivity contribution in [1.82, 2.24) is 9.62 Å². The van der Waals surface area contributed by atoms with E-state index in [4.69, 9.17) is 0 Å². The molecule has 0 bridgehead atoms. The number of nitrogens with zero attached hydrogens (tertiary/aromatic N) is 1. The standard InChI is InChI=1S/C19H20N2O4S/c1-2-14(15-8-4-3-5-9-15)12-20-18(22)13-21-19(23)16-10-6-7-11-17(16)26(21,24)25/h3-11,14H,2,12-13H2,1H3,(H,20,22)/t14-/m1/s1. The van der Waals surface area contributed by atoms with Crippen molar-refractivity contribution in [3.63, 3.8) is 0 Å². The van der Waals surface area contributed by atoms with Crippen LogP contribution in [0.25, 0.3) is 0 Å². The maximum Gasteiger partial charge on any atom is 0.269 e. The van der Waals surface area contributed by atoms with E-state index in [2.05, 4.69) is 5.32 Å². The summed E-state index contributed by atoms with van der Waals surface area (Å²) in [6.45, 7) is 1.89. The van der Waals surface area contributed by atoms with Crippen molar-refractivity contribution in [2.75, 3.05) is 13.1 Å². The second-order valence-electron chi connectivity index (χ2n) is 6.13. The molecule has 3 rings (SSSR count). The van der Waals surface area contributed by atoms with Crippen LogP contribution in [-0.4, -0.2) is 37.6 Å². The van der Waals surface area contributed by atoms with E-state index in [0.717, 1.165) is 12.0 Å². The predicted molar refractivity (Wildman–Crippen MR) is 97.1 cm³/mol. The lowest BCUT2D eigenvalue weighted by Gasteiger charge is -2.18. The minimum atomic E-state index is -3.96. The first-order valence-corrected chi connectivity index (χ1v) is 9.87. The molecule has 26 heavy (non-hydrogen) atoms. The highest BCUT2D eigenvalue weighted by molar-refractivity contribution is 7.90. The van der Waals surface area contributed by atoms with Gasteiger partial charge in [0.2, 0.25) is 5.91 Å². The second-order valence-corrected chi connectivity index (χ2v) is 7.96. The quantitative estimate of drug-likeness (QED) is 0.842. The van der Waals surface area contributed by atoms with Crippen molar-refractivity contribution in [3.05, 3.63) is 65.7 Å². The summed E-state index contributed by atoms with van der Waals surface area (Å²) in [6.07, 6.45) is 0.830. The van der Waals surface area contributed by atoms with Crippen molar-refractivity contribution < 1.29 is 18.0 Å².